The van der Waals surface area contributed by atoms with Crippen molar-refractivity contribution in [2.24, 2.45) is 5.92 Å². The molecular formula is C18H28FN3. The highest BCUT2D eigenvalue weighted by Crippen LogP contribution is 2.25. The topological polar surface area (TPSA) is 28.2 Å². The van der Waals surface area contributed by atoms with Gasteiger partial charge < -0.3 is 10.2 Å². The van der Waals surface area contributed by atoms with Gasteiger partial charge in [0.1, 0.15) is 12.0 Å². The minimum absolute atomic E-state index is 0.260. The Balaban J connectivity index is 1.39. The summed E-state index contributed by atoms with van der Waals surface area (Å²) in [5.74, 6) is 1.33. The molecule has 3 nitrogen and oxygen atoms in total. The number of pyridine rings is 1. The number of hydrogen-bond donors (Lipinski definition) is 1. The van der Waals surface area contributed by atoms with Crippen LogP contribution >= 0.6 is 0 Å². The Morgan fingerprint density at radius 3 is 3.14 bits per heavy atom. The minimum atomic E-state index is -0.622. The van der Waals surface area contributed by atoms with Crippen molar-refractivity contribution in [3.8, 4) is 0 Å². The van der Waals surface area contributed by atoms with E-state index in [-0.39, 0.29) is 5.92 Å². The van der Waals surface area contributed by atoms with Crippen molar-refractivity contribution < 1.29 is 4.39 Å². The van der Waals surface area contributed by atoms with Crippen LogP contribution in [0.2, 0.25) is 0 Å². The first kappa shape index (κ1) is 15.7. The van der Waals surface area contributed by atoms with Gasteiger partial charge in [-0.3, -0.25) is 0 Å². The van der Waals surface area contributed by atoms with E-state index < -0.39 is 6.17 Å². The molecule has 1 saturated heterocycles. The van der Waals surface area contributed by atoms with E-state index in [4.69, 9.17) is 4.98 Å². The van der Waals surface area contributed by atoms with Gasteiger partial charge in [0.05, 0.1) is 0 Å². The van der Waals surface area contributed by atoms with Crippen LogP contribution in [-0.2, 0) is 12.8 Å². The average molecular weight is 305 g/mol. The van der Waals surface area contributed by atoms with Crippen molar-refractivity contribution in [3.05, 3.63) is 23.4 Å². The number of alkyl halides is 1. The van der Waals surface area contributed by atoms with Gasteiger partial charge in [-0.2, -0.15) is 0 Å². The summed E-state index contributed by atoms with van der Waals surface area (Å²) < 4.78 is 14.2. The predicted octanol–water partition coefficient (Wildman–Crippen LogP) is 3.44. The third-order valence-corrected chi connectivity index (χ3v) is 5.05. The summed E-state index contributed by atoms with van der Waals surface area (Å²) in [6.07, 6.45) is 6.41. The molecule has 1 N–H and O–H groups in total. The van der Waals surface area contributed by atoms with Gasteiger partial charge in [0.2, 0.25) is 0 Å². The van der Waals surface area contributed by atoms with Crippen LogP contribution in [0.3, 0.4) is 0 Å². The van der Waals surface area contributed by atoms with E-state index >= 15 is 0 Å². The van der Waals surface area contributed by atoms with Crippen LogP contribution in [0.4, 0.5) is 10.2 Å². The molecule has 1 unspecified atom stereocenters. The lowest BCUT2D eigenvalue weighted by Gasteiger charge is -2.18. The van der Waals surface area contributed by atoms with Crippen LogP contribution in [0.5, 0.6) is 0 Å². The third-order valence-electron chi connectivity index (χ3n) is 5.05. The molecule has 2 aliphatic rings. The number of aromatic nitrogens is 1. The second-order valence-electron chi connectivity index (χ2n) is 6.91. The first-order valence-corrected chi connectivity index (χ1v) is 8.77. The summed E-state index contributed by atoms with van der Waals surface area (Å²) in [5, 5.41) is 3.38. The van der Waals surface area contributed by atoms with Crippen LogP contribution in [0.25, 0.3) is 0 Å². The maximum atomic E-state index is 14.2. The Hall–Kier alpha value is -1.16. The molecule has 0 aliphatic carbocycles. The first-order valence-electron chi connectivity index (χ1n) is 8.77. The number of fused-ring (bicyclic) bond motifs is 1. The first-order chi connectivity index (χ1) is 10.7. The Labute approximate surface area is 133 Å². The summed E-state index contributed by atoms with van der Waals surface area (Å²) in [6.45, 7) is 3.01. The molecule has 0 saturated carbocycles. The van der Waals surface area contributed by atoms with Crippen molar-refractivity contribution in [3.63, 3.8) is 0 Å². The zero-order valence-electron chi connectivity index (χ0n) is 13.7. The number of halogens is 1. The largest absolute Gasteiger partial charge is 0.370 e. The Morgan fingerprint density at radius 2 is 2.32 bits per heavy atom. The van der Waals surface area contributed by atoms with Gasteiger partial charge in [0.25, 0.3) is 0 Å². The van der Waals surface area contributed by atoms with Crippen LogP contribution in [0.1, 0.15) is 43.4 Å². The standard InChI is InChI=1S/C18H28FN3/c1-22-12-10-15(13-22)17(19)7-3-2-6-16-9-8-14-5-4-11-20-18(14)21-16/h8-9,15,17H,2-7,10-13H2,1H3,(H,20,21)/t15-,17?/m1/s1. The van der Waals surface area contributed by atoms with E-state index in [9.17, 15) is 4.39 Å². The highest BCUT2D eigenvalue weighted by Gasteiger charge is 2.27. The molecule has 3 heterocycles. The molecule has 0 aromatic carbocycles. The van der Waals surface area contributed by atoms with Crippen molar-refractivity contribution in [2.75, 3.05) is 32.0 Å². The molecular weight excluding hydrogens is 277 g/mol. The van der Waals surface area contributed by atoms with Gasteiger partial charge in [-0.15, -0.1) is 0 Å². The second kappa shape index (κ2) is 7.40. The molecule has 22 heavy (non-hydrogen) atoms. The second-order valence-corrected chi connectivity index (χ2v) is 6.91. The van der Waals surface area contributed by atoms with E-state index in [1.165, 1.54) is 12.0 Å². The van der Waals surface area contributed by atoms with Gasteiger partial charge in [0, 0.05) is 24.7 Å². The number of aryl methyl sites for hydroxylation is 2. The normalized spacial score (nSPS) is 23.1. The minimum Gasteiger partial charge on any atom is -0.370 e. The Kier molecular flexibility index (Phi) is 5.29. The number of unbranched alkanes of at least 4 members (excludes halogenated alkanes) is 1. The van der Waals surface area contributed by atoms with Gasteiger partial charge in [-0.1, -0.05) is 12.5 Å². The van der Waals surface area contributed by atoms with E-state index in [1.807, 2.05) is 0 Å². The predicted molar refractivity (Wildman–Crippen MR) is 89.1 cm³/mol. The molecule has 122 valence electrons. The lowest BCUT2D eigenvalue weighted by atomic mass is 9.97. The Morgan fingerprint density at radius 1 is 1.41 bits per heavy atom. The van der Waals surface area contributed by atoms with E-state index in [0.29, 0.717) is 6.42 Å². The number of hydrogen-bond acceptors (Lipinski definition) is 3. The zero-order valence-corrected chi connectivity index (χ0v) is 13.7. The van der Waals surface area contributed by atoms with Crippen molar-refractivity contribution >= 4 is 5.82 Å². The number of rotatable bonds is 6. The third kappa shape index (κ3) is 3.97. The van der Waals surface area contributed by atoms with Crippen LogP contribution in [-0.4, -0.2) is 42.7 Å². The number of likely N-dealkylation sites (tertiary alicyclic amines) is 1. The van der Waals surface area contributed by atoms with Crippen LogP contribution in [0.15, 0.2) is 12.1 Å². The van der Waals surface area contributed by atoms with Gasteiger partial charge in [-0.05, 0) is 63.7 Å². The summed E-state index contributed by atoms with van der Waals surface area (Å²) in [4.78, 5) is 6.94. The SMILES string of the molecule is CN1CC[C@@H](C(F)CCCCc2ccc3c(n2)NCCC3)C1. The summed E-state index contributed by atoms with van der Waals surface area (Å²) >= 11 is 0. The lowest BCUT2D eigenvalue weighted by molar-refractivity contribution is 0.210. The number of anilines is 1. The van der Waals surface area contributed by atoms with Crippen molar-refractivity contribution in [1.29, 1.82) is 0 Å². The maximum absolute atomic E-state index is 14.2. The van der Waals surface area contributed by atoms with E-state index in [1.54, 1.807) is 0 Å². The molecule has 0 bridgehead atoms. The van der Waals surface area contributed by atoms with Crippen molar-refractivity contribution in [2.45, 2.75) is 51.1 Å². The smallest absolute Gasteiger partial charge is 0.129 e. The van der Waals surface area contributed by atoms with E-state index in [0.717, 1.165) is 63.3 Å². The summed E-state index contributed by atoms with van der Waals surface area (Å²) in [6, 6.07) is 4.35. The van der Waals surface area contributed by atoms with Gasteiger partial charge >= 0.3 is 0 Å². The summed E-state index contributed by atoms with van der Waals surface area (Å²) in [5.41, 5.74) is 2.48. The van der Waals surface area contributed by atoms with Gasteiger partial charge in [-0.25, -0.2) is 9.37 Å². The van der Waals surface area contributed by atoms with Gasteiger partial charge in [0.15, 0.2) is 0 Å². The zero-order chi connectivity index (χ0) is 15.4. The number of nitrogens with one attached hydrogen (secondary N) is 1. The molecule has 2 atom stereocenters. The lowest BCUT2D eigenvalue weighted by Crippen LogP contribution is -2.20. The molecule has 1 aromatic rings. The average Bonchev–Trinajstić information content (AvgIpc) is 2.98. The molecule has 2 aliphatic heterocycles. The monoisotopic (exact) mass is 305 g/mol. The molecule has 0 amide bonds. The van der Waals surface area contributed by atoms with Crippen molar-refractivity contribution in [1.82, 2.24) is 9.88 Å². The van der Waals surface area contributed by atoms with E-state index in [2.05, 4.69) is 29.4 Å². The molecule has 1 aromatic heterocycles. The highest BCUT2D eigenvalue weighted by atomic mass is 19.1. The molecule has 0 spiro atoms. The molecule has 1 fully saturated rings. The fraction of sp³-hybridized carbons (Fsp3) is 0.722. The summed E-state index contributed by atoms with van der Waals surface area (Å²) in [7, 11) is 2.09. The van der Waals surface area contributed by atoms with Crippen LogP contribution < -0.4 is 5.32 Å². The highest BCUT2D eigenvalue weighted by molar-refractivity contribution is 5.46. The quantitative estimate of drug-likeness (QED) is 0.816. The fourth-order valence-corrected chi connectivity index (χ4v) is 3.65. The number of nitrogens with zero attached hydrogens (tertiary/aromatic N) is 2. The molecule has 3 rings (SSSR count). The molecule has 4 heteroatoms. The van der Waals surface area contributed by atoms with Crippen LogP contribution in [0, 0.1) is 5.92 Å². The maximum Gasteiger partial charge on any atom is 0.129 e. The fourth-order valence-electron chi connectivity index (χ4n) is 3.65. The molecule has 0 radical (unpaired) electrons. The Bertz CT molecular complexity index is 491.